The van der Waals surface area contributed by atoms with Crippen LogP contribution in [0.1, 0.15) is 26.7 Å². The van der Waals surface area contributed by atoms with Crippen LogP contribution in [0.4, 0.5) is 10.2 Å². The zero-order chi connectivity index (χ0) is 28.4. The summed E-state index contributed by atoms with van der Waals surface area (Å²) in [4.78, 5) is 23.6. The Balaban J connectivity index is 1.48. The van der Waals surface area contributed by atoms with Crippen LogP contribution in [-0.2, 0) is 11.3 Å². The standard InChI is InChI=1S/C30H30FN7O2/c1-30(2,34)14-19(15-32)29(39)38-12-6-7-20(38)16-37-17-24(26-27(33)35-18-36-28(26)37)23-11-10-22(13-25(23)31)40-21-8-4-3-5-9-21/h3-5,8-11,13-14,17-18,20H,6-7,12,16,34H2,1-2H3,(H2,33,35,36)/t20-/m0/s1. The van der Waals surface area contributed by atoms with Gasteiger partial charge in [0.25, 0.3) is 5.91 Å². The van der Waals surface area contributed by atoms with Crippen LogP contribution in [0.5, 0.6) is 11.5 Å². The molecule has 2 aromatic heterocycles. The Labute approximate surface area is 231 Å². The third-order valence-electron chi connectivity index (χ3n) is 6.81. The van der Waals surface area contributed by atoms with Crippen molar-refractivity contribution in [1.82, 2.24) is 19.4 Å². The lowest BCUT2D eigenvalue weighted by atomic mass is 10.0. The molecule has 40 heavy (non-hydrogen) atoms. The molecule has 5 rings (SSSR count). The number of benzene rings is 2. The summed E-state index contributed by atoms with van der Waals surface area (Å²) >= 11 is 0. The number of carbonyl (C=O) groups excluding carboxylic acids is 1. The molecular weight excluding hydrogens is 509 g/mol. The van der Waals surface area contributed by atoms with Crippen molar-refractivity contribution < 1.29 is 13.9 Å². The van der Waals surface area contributed by atoms with Gasteiger partial charge in [-0.05, 0) is 57.0 Å². The minimum Gasteiger partial charge on any atom is -0.457 e. The van der Waals surface area contributed by atoms with Gasteiger partial charge in [-0.3, -0.25) is 4.79 Å². The van der Waals surface area contributed by atoms with Crippen molar-refractivity contribution in [2.75, 3.05) is 12.3 Å². The van der Waals surface area contributed by atoms with Gasteiger partial charge in [0.15, 0.2) is 0 Å². The van der Waals surface area contributed by atoms with E-state index in [2.05, 4.69) is 9.97 Å². The molecular formula is C30H30FN7O2. The van der Waals surface area contributed by atoms with Crippen LogP contribution in [-0.4, -0.2) is 43.5 Å². The Morgan fingerprint density at radius 3 is 2.67 bits per heavy atom. The van der Waals surface area contributed by atoms with E-state index in [4.69, 9.17) is 16.2 Å². The van der Waals surface area contributed by atoms with Gasteiger partial charge in [-0.25, -0.2) is 14.4 Å². The predicted molar refractivity (Wildman–Crippen MR) is 151 cm³/mol. The number of likely N-dealkylation sites (tertiary alicyclic amines) is 1. The van der Waals surface area contributed by atoms with Crippen molar-refractivity contribution in [2.45, 2.75) is 44.8 Å². The number of nitriles is 1. The number of rotatable bonds is 7. The number of anilines is 1. The van der Waals surface area contributed by atoms with Crippen LogP contribution >= 0.6 is 0 Å². The quantitative estimate of drug-likeness (QED) is 0.255. The lowest BCUT2D eigenvalue weighted by Gasteiger charge is -2.26. The van der Waals surface area contributed by atoms with E-state index in [-0.39, 0.29) is 23.3 Å². The molecule has 4 aromatic rings. The lowest BCUT2D eigenvalue weighted by Crippen LogP contribution is -2.40. The highest BCUT2D eigenvalue weighted by atomic mass is 19.1. The molecule has 1 saturated heterocycles. The number of ether oxygens (including phenoxy) is 1. The van der Waals surface area contributed by atoms with Crippen LogP contribution in [0.3, 0.4) is 0 Å². The van der Waals surface area contributed by atoms with Gasteiger partial charge in [-0.2, -0.15) is 5.26 Å². The Morgan fingerprint density at radius 2 is 1.98 bits per heavy atom. The second-order valence-corrected chi connectivity index (χ2v) is 10.5. The monoisotopic (exact) mass is 539 g/mol. The maximum Gasteiger partial charge on any atom is 0.264 e. The Hall–Kier alpha value is -4.75. The average molecular weight is 540 g/mol. The Kier molecular flexibility index (Phi) is 7.24. The van der Waals surface area contributed by atoms with E-state index in [1.807, 2.05) is 28.8 Å². The van der Waals surface area contributed by atoms with Gasteiger partial charge in [0.05, 0.1) is 11.4 Å². The molecule has 0 aliphatic carbocycles. The molecule has 1 aliphatic rings. The van der Waals surface area contributed by atoms with Crippen molar-refractivity contribution in [3.05, 3.63) is 78.5 Å². The topological polar surface area (TPSA) is 136 Å². The van der Waals surface area contributed by atoms with Gasteiger partial charge in [-0.1, -0.05) is 18.2 Å². The number of halogens is 1. The maximum atomic E-state index is 15.5. The molecule has 2 aromatic carbocycles. The summed E-state index contributed by atoms with van der Waals surface area (Å²) in [6, 6.07) is 15.6. The number of fused-ring (bicyclic) bond motifs is 1. The molecule has 1 atom stereocenters. The van der Waals surface area contributed by atoms with Crippen LogP contribution in [0.2, 0.25) is 0 Å². The molecule has 4 N–H and O–H groups in total. The second kappa shape index (κ2) is 10.8. The molecule has 0 bridgehead atoms. The Bertz CT molecular complexity index is 1630. The first-order valence-corrected chi connectivity index (χ1v) is 13.0. The minimum absolute atomic E-state index is 0.0175. The number of hydrogen-bond acceptors (Lipinski definition) is 7. The first kappa shape index (κ1) is 26.8. The van der Waals surface area contributed by atoms with E-state index >= 15 is 4.39 Å². The molecule has 1 fully saturated rings. The van der Waals surface area contributed by atoms with Gasteiger partial charge in [0.1, 0.15) is 46.8 Å². The van der Waals surface area contributed by atoms with Crippen molar-refractivity contribution in [3.8, 4) is 28.7 Å². The normalized spacial score (nSPS) is 15.8. The number of amides is 1. The third-order valence-corrected chi connectivity index (χ3v) is 6.81. The summed E-state index contributed by atoms with van der Waals surface area (Å²) in [6.45, 7) is 4.38. The number of para-hydroxylation sites is 1. The van der Waals surface area contributed by atoms with E-state index in [0.29, 0.717) is 46.7 Å². The fraction of sp³-hybridized carbons (Fsp3) is 0.267. The summed E-state index contributed by atoms with van der Waals surface area (Å²) in [6.07, 6.45) is 6.18. The van der Waals surface area contributed by atoms with Gasteiger partial charge < -0.3 is 25.7 Å². The molecule has 9 nitrogen and oxygen atoms in total. The smallest absolute Gasteiger partial charge is 0.264 e. The number of carbonyl (C=O) groups is 1. The summed E-state index contributed by atoms with van der Waals surface area (Å²) in [5.41, 5.74) is 12.9. The van der Waals surface area contributed by atoms with Gasteiger partial charge in [-0.15, -0.1) is 0 Å². The van der Waals surface area contributed by atoms with Crippen molar-refractivity contribution in [1.29, 1.82) is 5.26 Å². The average Bonchev–Trinajstić information content (AvgIpc) is 3.53. The zero-order valence-corrected chi connectivity index (χ0v) is 22.3. The number of nitrogen functional groups attached to an aromatic ring is 1. The zero-order valence-electron chi connectivity index (χ0n) is 22.3. The molecule has 0 unspecified atom stereocenters. The van der Waals surface area contributed by atoms with Gasteiger partial charge in [0.2, 0.25) is 0 Å². The third kappa shape index (κ3) is 5.51. The number of aromatic nitrogens is 3. The van der Waals surface area contributed by atoms with E-state index in [9.17, 15) is 10.1 Å². The molecule has 1 aliphatic heterocycles. The van der Waals surface area contributed by atoms with Gasteiger partial charge in [0, 0.05) is 42.0 Å². The highest BCUT2D eigenvalue weighted by molar-refractivity contribution is 6.01. The van der Waals surface area contributed by atoms with E-state index in [1.165, 1.54) is 18.5 Å². The van der Waals surface area contributed by atoms with Crippen molar-refractivity contribution in [3.63, 3.8) is 0 Å². The maximum absolute atomic E-state index is 15.5. The summed E-state index contributed by atoms with van der Waals surface area (Å²) < 4.78 is 23.1. The number of nitrogens with two attached hydrogens (primary N) is 2. The first-order chi connectivity index (χ1) is 19.1. The fourth-order valence-electron chi connectivity index (χ4n) is 5.08. The molecule has 0 spiro atoms. The minimum atomic E-state index is -0.804. The summed E-state index contributed by atoms with van der Waals surface area (Å²) in [5.74, 6) is 0.351. The molecule has 0 radical (unpaired) electrons. The molecule has 3 heterocycles. The number of nitrogens with zero attached hydrogens (tertiary/aromatic N) is 5. The highest BCUT2D eigenvalue weighted by Crippen LogP contribution is 2.36. The van der Waals surface area contributed by atoms with Crippen LogP contribution in [0, 0.1) is 17.1 Å². The summed E-state index contributed by atoms with van der Waals surface area (Å²) in [7, 11) is 0. The largest absolute Gasteiger partial charge is 0.457 e. The SMILES string of the molecule is CC(C)(N)C=C(C#N)C(=O)N1CCC[C@H]1Cn1cc(-c2ccc(Oc3ccccc3)cc2F)c2c(N)ncnc21. The van der Waals surface area contributed by atoms with E-state index in [1.54, 1.807) is 49.2 Å². The highest BCUT2D eigenvalue weighted by Gasteiger charge is 2.32. The lowest BCUT2D eigenvalue weighted by molar-refractivity contribution is -0.127. The van der Waals surface area contributed by atoms with Crippen LogP contribution in [0.15, 0.2) is 72.7 Å². The molecule has 0 saturated carbocycles. The summed E-state index contributed by atoms with van der Waals surface area (Å²) in [5, 5.41) is 10.1. The van der Waals surface area contributed by atoms with Crippen LogP contribution < -0.4 is 16.2 Å². The second-order valence-electron chi connectivity index (χ2n) is 10.5. The molecule has 1 amide bonds. The fourth-order valence-corrected chi connectivity index (χ4v) is 5.08. The Morgan fingerprint density at radius 1 is 1.20 bits per heavy atom. The van der Waals surface area contributed by atoms with Crippen molar-refractivity contribution in [2.24, 2.45) is 5.73 Å². The van der Waals surface area contributed by atoms with Crippen LogP contribution in [0.25, 0.3) is 22.2 Å². The first-order valence-electron chi connectivity index (χ1n) is 13.0. The molecule has 204 valence electrons. The van der Waals surface area contributed by atoms with Crippen molar-refractivity contribution >= 4 is 22.8 Å². The predicted octanol–water partition coefficient (Wildman–Crippen LogP) is 4.79. The molecule has 10 heteroatoms. The van der Waals surface area contributed by atoms with Gasteiger partial charge >= 0.3 is 0 Å². The van der Waals surface area contributed by atoms with E-state index < -0.39 is 11.4 Å². The number of hydrogen-bond donors (Lipinski definition) is 2. The van der Waals surface area contributed by atoms with E-state index in [0.717, 1.165) is 12.8 Å².